The van der Waals surface area contributed by atoms with Crippen molar-refractivity contribution in [2.24, 2.45) is 7.05 Å². The summed E-state index contributed by atoms with van der Waals surface area (Å²) in [5.41, 5.74) is 11.5. The van der Waals surface area contributed by atoms with E-state index in [1.165, 1.54) is 33.4 Å². The van der Waals surface area contributed by atoms with Gasteiger partial charge in [-0.3, -0.25) is 0 Å². The quantitative estimate of drug-likeness (QED) is 0.255. The monoisotopic (exact) mass is 440 g/mol. The van der Waals surface area contributed by atoms with Gasteiger partial charge in [0.05, 0.1) is 5.56 Å². The predicted octanol–water partition coefficient (Wildman–Crippen LogP) is 8.03. The first-order chi connectivity index (χ1) is 16.6. The Hall–Kier alpha value is -4.17. The van der Waals surface area contributed by atoms with Gasteiger partial charge in [-0.2, -0.15) is 0 Å². The molecule has 0 radical (unpaired) electrons. The van der Waals surface area contributed by atoms with E-state index in [0.29, 0.717) is 0 Å². The first kappa shape index (κ1) is 20.4. The van der Waals surface area contributed by atoms with Gasteiger partial charge < -0.3 is 4.42 Å². The third-order valence-electron chi connectivity index (χ3n) is 6.88. The highest BCUT2D eigenvalue weighted by molar-refractivity contribution is 6.11. The molecule has 0 N–H and O–H groups in total. The molecule has 2 aromatic heterocycles. The van der Waals surface area contributed by atoms with Crippen molar-refractivity contribution in [3.05, 3.63) is 114 Å². The first-order valence-electron chi connectivity index (χ1n) is 11.7. The van der Waals surface area contributed by atoms with Crippen LogP contribution in [0.4, 0.5) is 0 Å². The molecule has 0 aliphatic heterocycles. The highest BCUT2D eigenvalue weighted by atomic mass is 16.3. The first-order valence-corrected chi connectivity index (χ1v) is 11.7. The van der Waals surface area contributed by atoms with Crippen molar-refractivity contribution in [1.29, 1.82) is 0 Å². The Morgan fingerprint density at radius 3 is 2.00 bits per heavy atom. The summed E-state index contributed by atoms with van der Waals surface area (Å²) in [4.78, 5) is 0. The molecule has 0 fully saturated rings. The lowest BCUT2D eigenvalue weighted by atomic mass is 9.95. The third kappa shape index (κ3) is 3.22. The molecule has 6 rings (SSSR count). The van der Waals surface area contributed by atoms with E-state index >= 15 is 0 Å². The molecule has 0 aliphatic rings. The average molecular weight is 441 g/mol. The standard InChI is InChI=1S/C32H26NO/c1-21-12-17-28-27-19-18-26(25-15-13-24(14-16-25)23-9-5-4-6-10-23)22(2)31(27)34-32(28)30(21)29-11-7-8-20-33(29)3/h4-20H,1-3H3/q+1. The average Bonchev–Trinajstić information content (AvgIpc) is 3.25. The second-order valence-corrected chi connectivity index (χ2v) is 8.99. The summed E-state index contributed by atoms with van der Waals surface area (Å²) in [6.45, 7) is 4.32. The fourth-order valence-electron chi connectivity index (χ4n) is 5.02. The van der Waals surface area contributed by atoms with Crippen molar-refractivity contribution in [2.75, 3.05) is 0 Å². The Balaban J connectivity index is 1.51. The van der Waals surface area contributed by atoms with Crippen LogP contribution in [0.3, 0.4) is 0 Å². The van der Waals surface area contributed by atoms with Gasteiger partial charge in [-0.15, -0.1) is 0 Å². The molecule has 0 aliphatic carbocycles. The lowest BCUT2D eigenvalue weighted by Gasteiger charge is -2.08. The van der Waals surface area contributed by atoms with E-state index < -0.39 is 0 Å². The van der Waals surface area contributed by atoms with Gasteiger partial charge in [0.1, 0.15) is 18.2 Å². The minimum Gasteiger partial charge on any atom is -0.455 e. The van der Waals surface area contributed by atoms with Crippen LogP contribution in [0.1, 0.15) is 11.1 Å². The summed E-state index contributed by atoms with van der Waals surface area (Å²) in [7, 11) is 2.08. The van der Waals surface area contributed by atoms with Crippen LogP contribution in [0, 0.1) is 13.8 Å². The Morgan fingerprint density at radius 1 is 0.588 bits per heavy atom. The number of nitrogens with zero attached hydrogens (tertiary/aromatic N) is 1. The Morgan fingerprint density at radius 2 is 1.24 bits per heavy atom. The van der Waals surface area contributed by atoms with Gasteiger partial charge in [-0.25, -0.2) is 4.57 Å². The zero-order valence-electron chi connectivity index (χ0n) is 19.7. The molecule has 0 unspecified atom stereocenters. The van der Waals surface area contributed by atoms with Gasteiger partial charge in [-0.1, -0.05) is 72.8 Å². The van der Waals surface area contributed by atoms with E-state index in [0.717, 1.165) is 33.2 Å². The highest BCUT2D eigenvalue weighted by Crippen LogP contribution is 2.40. The van der Waals surface area contributed by atoms with Crippen LogP contribution in [-0.4, -0.2) is 0 Å². The molecular weight excluding hydrogens is 414 g/mol. The molecule has 0 saturated heterocycles. The summed E-state index contributed by atoms with van der Waals surface area (Å²) in [6, 6.07) is 34.4. The van der Waals surface area contributed by atoms with Crippen LogP contribution in [-0.2, 0) is 7.05 Å². The summed E-state index contributed by atoms with van der Waals surface area (Å²) in [6.07, 6.45) is 2.08. The summed E-state index contributed by atoms with van der Waals surface area (Å²) >= 11 is 0. The van der Waals surface area contributed by atoms with E-state index in [2.05, 4.69) is 129 Å². The fourth-order valence-corrected chi connectivity index (χ4v) is 5.02. The molecule has 0 atom stereocenters. The van der Waals surface area contributed by atoms with E-state index in [1.54, 1.807) is 0 Å². The largest absolute Gasteiger partial charge is 0.455 e. The van der Waals surface area contributed by atoms with Crippen LogP contribution >= 0.6 is 0 Å². The molecule has 2 heteroatoms. The van der Waals surface area contributed by atoms with Crippen LogP contribution in [0.2, 0.25) is 0 Å². The van der Waals surface area contributed by atoms with Gasteiger partial charge in [0.25, 0.3) is 0 Å². The van der Waals surface area contributed by atoms with Crippen LogP contribution in [0.15, 0.2) is 108 Å². The zero-order valence-corrected chi connectivity index (χ0v) is 19.7. The van der Waals surface area contributed by atoms with Gasteiger partial charge in [0.15, 0.2) is 6.20 Å². The summed E-state index contributed by atoms with van der Waals surface area (Å²) in [5, 5.41) is 2.32. The topological polar surface area (TPSA) is 17.0 Å². The van der Waals surface area contributed by atoms with Crippen molar-refractivity contribution >= 4 is 21.9 Å². The maximum atomic E-state index is 6.65. The molecule has 0 bridgehead atoms. The maximum Gasteiger partial charge on any atom is 0.216 e. The van der Waals surface area contributed by atoms with Crippen molar-refractivity contribution in [3.8, 4) is 33.5 Å². The number of benzene rings is 4. The molecular formula is C32H26NO+. The summed E-state index contributed by atoms with van der Waals surface area (Å²) in [5.74, 6) is 0. The number of pyridine rings is 1. The Bertz CT molecular complexity index is 1660. The SMILES string of the molecule is Cc1ccc2c(oc3c(C)c(-c4ccc(-c5ccccc5)cc4)ccc32)c1-c1cccc[n+]1C. The normalized spacial score (nSPS) is 11.4. The lowest BCUT2D eigenvalue weighted by Crippen LogP contribution is -2.30. The second-order valence-electron chi connectivity index (χ2n) is 8.99. The molecule has 2 heterocycles. The van der Waals surface area contributed by atoms with Gasteiger partial charge >= 0.3 is 0 Å². The van der Waals surface area contributed by atoms with Crippen LogP contribution < -0.4 is 4.57 Å². The third-order valence-corrected chi connectivity index (χ3v) is 6.88. The van der Waals surface area contributed by atoms with Gasteiger partial charge in [0, 0.05) is 28.5 Å². The summed E-state index contributed by atoms with van der Waals surface area (Å²) < 4.78 is 8.80. The van der Waals surface area contributed by atoms with E-state index in [-0.39, 0.29) is 0 Å². The Labute approximate surface area is 199 Å². The molecule has 34 heavy (non-hydrogen) atoms. The molecule has 0 amide bonds. The second kappa shape index (κ2) is 8.00. The maximum absolute atomic E-state index is 6.65. The number of furan rings is 1. The Kier molecular flexibility index (Phi) is 4.81. The number of hydrogen-bond acceptors (Lipinski definition) is 1. The molecule has 2 nitrogen and oxygen atoms in total. The zero-order chi connectivity index (χ0) is 23.2. The fraction of sp³-hybridized carbons (Fsp3) is 0.0938. The number of aryl methyl sites for hydroxylation is 3. The van der Waals surface area contributed by atoms with Crippen molar-refractivity contribution in [2.45, 2.75) is 13.8 Å². The molecule has 6 aromatic rings. The molecule has 164 valence electrons. The minimum absolute atomic E-state index is 0.955. The van der Waals surface area contributed by atoms with Crippen LogP contribution in [0.25, 0.3) is 55.4 Å². The minimum atomic E-state index is 0.955. The van der Waals surface area contributed by atoms with Gasteiger partial charge in [-0.05, 0) is 53.8 Å². The van der Waals surface area contributed by atoms with E-state index in [9.17, 15) is 0 Å². The predicted molar refractivity (Wildman–Crippen MR) is 141 cm³/mol. The van der Waals surface area contributed by atoms with E-state index in [4.69, 9.17) is 4.42 Å². The van der Waals surface area contributed by atoms with Crippen LogP contribution in [0.5, 0.6) is 0 Å². The highest BCUT2D eigenvalue weighted by Gasteiger charge is 2.21. The number of aromatic nitrogens is 1. The molecule has 0 saturated carbocycles. The number of hydrogen-bond donors (Lipinski definition) is 0. The number of rotatable bonds is 3. The smallest absolute Gasteiger partial charge is 0.216 e. The molecule has 0 spiro atoms. The van der Waals surface area contributed by atoms with Crippen molar-refractivity contribution in [1.82, 2.24) is 0 Å². The van der Waals surface area contributed by atoms with Crippen molar-refractivity contribution < 1.29 is 8.98 Å². The number of fused-ring (bicyclic) bond motifs is 3. The van der Waals surface area contributed by atoms with E-state index in [1.807, 2.05) is 0 Å². The van der Waals surface area contributed by atoms with Crippen molar-refractivity contribution in [3.63, 3.8) is 0 Å². The van der Waals surface area contributed by atoms with Gasteiger partial charge in [0.2, 0.25) is 5.69 Å². The molecule has 4 aromatic carbocycles. The lowest BCUT2D eigenvalue weighted by molar-refractivity contribution is -0.660.